The van der Waals surface area contributed by atoms with Crippen molar-refractivity contribution in [2.24, 2.45) is 0 Å². The van der Waals surface area contributed by atoms with E-state index in [9.17, 15) is 14.4 Å². The van der Waals surface area contributed by atoms with Crippen molar-refractivity contribution in [3.63, 3.8) is 0 Å². The number of para-hydroxylation sites is 2. The standard InChI is InChI=1S/C19H19N3O4/c1-3-19(2)17(24)22(18(25)20-19)21-16(23)14-11-7-8-12-15(14)26-13-9-5-4-6-10-13/h4-12H,3H2,1-2H3,(H,20,25)(H,21,23)/t19-/m0/s1. The second-order valence-corrected chi connectivity index (χ2v) is 6.11. The summed E-state index contributed by atoms with van der Waals surface area (Å²) in [4.78, 5) is 37.1. The summed E-state index contributed by atoms with van der Waals surface area (Å²) in [6.45, 7) is 3.40. The number of rotatable bonds is 5. The Bertz CT molecular complexity index is 853. The first-order valence-corrected chi connectivity index (χ1v) is 8.24. The molecule has 7 nitrogen and oxygen atoms in total. The summed E-state index contributed by atoms with van der Waals surface area (Å²) < 4.78 is 5.75. The Morgan fingerprint density at radius 3 is 2.42 bits per heavy atom. The lowest BCUT2D eigenvalue weighted by Crippen LogP contribution is -2.48. The highest BCUT2D eigenvalue weighted by Crippen LogP contribution is 2.25. The van der Waals surface area contributed by atoms with E-state index in [0.29, 0.717) is 22.9 Å². The van der Waals surface area contributed by atoms with Crippen molar-refractivity contribution in [2.45, 2.75) is 25.8 Å². The highest BCUT2D eigenvalue weighted by Gasteiger charge is 2.47. The first kappa shape index (κ1) is 17.5. The maximum absolute atomic E-state index is 12.6. The first-order chi connectivity index (χ1) is 12.4. The summed E-state index contributed by atoms with van der Waals surface area (Å²) in [5.74, 6) is -0.219. The number of hydrogen-bond donors (Lipinski definition) is 2. The summed E-state index contributed by atoms with van der Waals surface area (Å²) >= 11 is 0. The minimum Gasteiger partial charge on any atom is -0.457 e. The van der Waals surface area contributed by atoms with Gasteiger partial charge in [-0.05, 0) is 37.6 Å². The van der Waals surface area contributed by atoms with Crippen LogP contribution in [0.15, 0.2) is 54.6 Å². The fourth-order valence-electron chi connectivity index (χ4n) is 2.55. The molecule has 134 valence electrons. The fourth-order valence-corrected chi connectivity index (χ4v) is 2.55. The summed E-state index contributed by atoms with van der Waals surface area (Å²) in [5.41, 5.74) is 1.55. The lowest BCUT2D eigenvalue weighted by Gasteiger charge is -2.19. The molecule has 1 aliphatic heterocycles. The molecule has 0 spiro atoms. The van der Waals surface area contributed by atoms with Gasteiger partial charge >= 0.3 is 6.03 Å². The molecule has 2 aromatic carbocycles. The van der Waals surface area contributed by atoms with Crippen molar-refractivity contribution in [2.75, 3.05) is 0 Å². The molecule has 0 unspecified atom stereocenters. The molecule has 26 heavy (non-hydrogen) atoms. The van der Waals surface area contributed by atoms with Crippen LogP contribution < -0.4 is 15.5 Å². The van der Waals surface area contributed by atoms with Crippen molar-refractivity contribution in [1.29, 1.82) is 0 Å². The van der Waals surface area contributed by atoms with Gasteiger partial charge in [0, 0.05) is 0 Å². The minimum atomic E-state index is -1.02. The molecular formula is C19H19N3O4. The summed E-state index contributed by atoms with van der Waals surface area (Å²) in [7, 11) is 0. The molecule has 4 amide bonds. The van der Waals surface area contributed by atoms with Gasteiger partial charge in [-0.25, -0.2) is 4.79 Å². The van der Waals surface area contributed by atoms with Crippen LogP contribution in [0.1, 0.15) is 30.6 Å². The number of hydrogen-bond acceptors (Lipinski definition) is 4. The van der Waals surface area contributed by atoms with Gasteiger partial charge in [0.1, 0.15) is 17.0 Å². The number of nitrogens with one attached hydrogen (secondary N) is 2. The largest absolute Gasteiger partial charge is 0.457 e. The summed E-state index contributed by atoms with van der Waals surface area (Å²) in [5, 5.41) is 3.30. The predicted octanol–water partition coefficient (Wildman–Crippen LogP) is 2.84. The van der Waals surface area contributed by atoms with E-state index in [1.807, 2.05) is 18.2 Å². The van der Waals surface area contributed by atoms with Crippen molar-refractivity contribution in [1.82, 2.24) is 15.8 Å². The Morgan fingerprint density at radius 1 is 1.12 bits per heavy atom. The molecular weight excluding hydrogens is 334 g/mol. The number of nitrogens with zero attached hydrogens (tertiary/aromatic N) is 1. The van der Waals surface area contributed by atoms with Crippen LogP contribution in [-0.4, -0.2) is 28.4 Å². The molecule has 1 aliphatic rings. The third-order valence-corrected chi connectivity index (χ3v) is 4.28. The van der Waals surface area contributed by atoms with Gasteiger partial charge in [0.05, 0.1) is 5.56 Å². The van der Waals surface area contributed by atoms with Crippen LogP contribution >= 0.6 is 0 Å². The van der Waals surface area contributed by atoms with Crippen molar-refractivity contribution in [3.05, 3.63) is 60.2 Å². The average molecular weight is 353 g/mol. The molecule has 1 atom stereocenters. The maximum Gasteiger partial charge on any atom is 0.344 e. The van der Waals surface area contributed by atoms with Crippen LogP contribution in [0.4, 0.5) is 4.79 Å². The van der Waals surface area contributed by atoms with Gasteiger partial charge in [-0.2, -0.15) is 5.01 Å². The number of amides is 4. The van der Waals surface area contributed by atoms with Gasteiger partial charge in [-0.15, -0.1) is 0 Å². The minimum absolute atomic E-state index is 0.210. The van der Waals surface area contributed by atoms with Gasteiger partial charge in [0.15, 0.2) is 0 Å². The molecule has 2 aromatic rings. The van der Waals surface area contributed by atoms with Gasteiger partial charge in [0.25, 0.3) is 11.8 Å². The van der Waals surface area contributed by atoms with Crippen molar-refractivity contribution < 1.29 is 19.1 Å². The Labute approximate surface area is 150 Å². The molecule has 3 rings (SSSR count). The van der Waals surface area contributed by atoms with E-state index in [1.165, 1.54) is 0 Å². The van der Waals surface area contributed by atoms with Crippen molar-refractivity contribution >= 4 is 17.8 Å². The Kier molecular flexibility index (Phi) is 4.62. The van der Waals surface area contributed by atoms with E-state index in [4.69, 9.17) is 4.74 Å². The molecule has 1 fully saturated rings. The second kappa shape index (κ2) is 6.87. The lowest BCUT2D eigenvalue weighted by molar-refractivity contribution is -0.132. The normalized spacial score (nSPS) is 19.2. The molecule has 1 heterocycles. The molecule has 7 heteroatoms. The molecule has 2 N–H and O–H groups in total. The van der Waals surface area contributed by atoms with E-state index >= 15 is 0 Å². The van der Waals surface area contributed by atoms with E-state index in [2.05, 4.69) is 10.7 Å². The highest BCUT2D eigenvalue weighted by molar-refractivity contribution is 6.09. The van der Waals surface area contributed by atoms with Crippen molar-refractivity contribution in [3.8, 4) is 11.5 Å². The zero-order valence-corrected chi connectivity index (χ0v) is 14.5. The zero-order valence-electron chi connectivity index (χ0n) is 14.5. The SMILES string of the molecule is CC[C@]1(C)NC(=O)N(NC(=O)c2ccccc2Oc2ccccc2)C1=O. The van der Waals surface area contributed by atoms with E-state index in [-0.39, 0.29) is 5.56 Å². The Hall–Kier alpha value is -3.35. The van der Waals surface area contributed by atoms with E-state index in [1.54, 1.807) is 50.2 Å². The number of imide groups is 1. The molecule has 0 bridgehead atoms. The van der Waals surface area contributed by atoms with Gasteiger partial charge in [0.2, 0.25) is 0 Å². The summed E-state index contributed by atoms with van der Waals surface area (Å²) in [6.07, 6.45) is 0.414. The van der Waals surface area contributed by atoms with Crippen LogP contribution in [0.3, 0.4) is 0 Å². The number of ether oxygens (including phenoxy) is 1. The molecule has 0 radical (unpaired) electrons. The first-order valence-electron chi connectivity index (χ1n) is 8.24. The topological polar surface area (TPSA) is 87.7 Å². The van der Waals surface area contributed by atoms with Gasteiger partial charge < -0.3 is 10.1 Å². The summed E-state index contributed by atoms with van der Waals surface area (Å²) in [6, 6.07) is 15.0. The van der Waals surface area contributed by atoms with Crippen LogP contribution in [-0.2, 0) is 4.79 Å². The molecule has 0 saturated carbocycles. The Morgan fingerprint density at radius 2 is 1.77 bits per heavy atom. The zero-order chi connectivity index (χ0) is 18.7. The lowest BCUT2D eigenvalue weighted by atomic mass is 10.00. The number of carbonyl (C=O) groups is 3. The van der Waals surface area contributed by atoms with Crippen LogP contribution in [0, 0.1) is 0 Å². The van der Waals surface area contributed by atoms with Crippen LogP contribution in [0.2, 0.25) is 0 Å². The highest BCUT2D eigenvalue weighted by atomic mass is 16.5. The number of carbonyl (C=O) groups excluding carboxylic acids is 3. The predicted molar refractivity (Wildman–Crippen MR) is 94.5 cm³/mol. The van der Waals surface area contributed by atoms with E-state index < -0.39 is 23.4 Å². The number of hydrazine groups is 1. The molecule has 0 aromatic heterocycles. The fraction of sp³-hybridized carbons (Fsp3) is 0.211. The average Bonchev–Trinajstić information content (AvgIpc) is 2.86. The van der Waals surface area contributed by atoms with Crippen LogP contribution in [0.25, 0.3) is 0 Å². The maximum atomic E-state index is 12.6. The third-order valence-electron chi connectivity index (χ3n) is 4.28. The van der Waals surface area contributed by atoms with E-state index in [0.717, 1.165) is 0 Å². The Balaban J connectivity index is 1.81. The quantitative estimate of drug-likeness (QED) is 0.809. The van der Waals surface area contributed by atoms with Gasteiger partial charge in [-0.1, -0.05) is 37.3 Å². The monoisotopic (exact) mass is 353 g/mol. The molecule has 0 aliphatic carbocycles. The molecule has 1 saturated heterocycles. The third kappa shape index (κ3) is 3.23. The smallest absolute Gasteiger partial charge is 0.344 e. The number of benzene rings is 2. The van der Waals surface area contributed by atoms with Gasteiger partial charge in [-0.3, -0.25) is 15.0 Å². The van der Waals surface area contributed by atoms with Crippen LogP contribution in [0.5, 0.6) is 11.5 Å². The number of urea groups is 1. The second-order valence-electron chi connectivity index (χ2n) is 6.11.